The topological polar surface area (TPSA) is 29.9 Å². The van der Waals surface area contributed by atoms with E-state index in [1.54, 1.807) is 25.6 Å². The number of fused-ring (bicyclic) bond motifs is 1. The summed E-state index contributed by atoms with van der Waals surface area (Å²) in [6, 6.07) is 15.0. The van der Waals surface area contributed by atoms with Gasteiger partial charge in [-0.3, -0.25) is 4.90 Å². The fraction of sp³-hybridized carbons (Fsp3) is 0.308. The van der Waals surface area contributed by atoms with E-state index in [2.05, 4.69) is 73.9 Å². The van der Waals surface area contributed by atoms with Gasteiger partial charge in [0.15, 0.2) is 11.5 Å². The highest BCUT2D eigenvalue weighted by molar-refractivity contribution is 7.07. The first kappa shape index (κ1) is 20.9. The van der Waals surface area contributed by atoms with Crippen LogP contribution in [0.2, 0.25) is 0 Å². The van der Waals surface area contributed by atoms with Crippen molar-refractivity contribution < 1.29 is 9.47 Å². The van der Waals surface area contributed by atoms with E-state index < -0.39 is 0 Å². The monoisotopic (exact) mass is 447 g/mol. The van der Waals surface area contributed by atoms with Crippen molar-refractivity contribution in [1.82, 2.24) is 9.47 Å². The summed E-state index contributed by atoms with van der Waals surface area (Å²) in [4.78, 5) is 5.09. The van der Waals surface area contributed by atoms with Crippen molar-refractivity contribution >= 4 is 27.8 Å². The number of aromatic nitrogens is 1. The molecule has 166 valence electrons. The van der Waals surface area contributed by atoms with E-state index >= 15 is 0 Å². The lowest BCUT2D eigenvalue weighted by atomic mass is 10.1. The smallest absolute Gasteiger partial charge is 0.161 e. The van der Waals surface area contributed by atoms with Gasteiger partial charge in [-0.2, -0.15) is 11.3 Å². The zero-order valence-corrected chi connectivity index (χ0v) is 19.5. The van der Waals surface area contributed by atoms with Crippen molar-refractivity contribution in [2.75, 3.05) is 45.3 Å². The molecule has 6 heteroatoms. The molecule has 1 fully saturated rings. The van der Waals surface area contributed by atoms with Crippen molar-refractivity contribution in [1.29, 1.82) is 0 Å². The minimum absolute atomic E-state index is 0.759. The van der Waals surface area contributed by atoms with Gasteiger partial charge in [0.25, 0.3) is 0 Å². The van der Waals surface area contributed by atoms with Crippen LogP contribution >= 0.6 is 11.3 Å². The molecule has 0 aliphatic carbocycles. The second-order valence-electron chi connectivity index (χ2n) is 8.29. The Morgan fingerprint density at radius 2 is 1.69 bits per heavy atom. The van der Waals surface area contributed by atoms with Gasteiger partial charge in [0.1, 0.15) is 0 Å². The molecule has 0 radical (unpaired) electrons. The van der Waals surface area contributed by atoms with Crippen LogP contribution in [0.4, 0.5) is 5.69 Å². The maximum atomic E-state index is 5.47. The number of rotatable bonds is 7. The Balaban J connectivity index is 1.32. The number of thiophene rings is 1. The minimum atomic E-state index is 0.759. The van der Waals surface area contributed by atoms with Gasteiger partial charge < -0.3 is 18.9 Å². The molecule has 32 heavy (non-hydrogen) atoms. The SMILES string of the molecule is COc1ccc(Cn2cc3cccc(N4CCN(Cc5ccsc5)CC4)c3c2)cc1OC. The fourth-order valence-electron chi connectivity index (χ4n) is 4.55. The Kier molecular flexibility index (Phi) is 6.06. The van der Waals surface area contributed by atoms with E-state index in [0.717, 1.165) is 50.8 Å². The number of hydrogen-bond acceptors (Lipinski definition) is 5. The van der Waals surface area contributed by atoms with Crippen LogP contribution in [0.3, 0.4) is 0 Å². The molecule has 2 aromatic carbocycles. The van der Waals surface area contributed by atoms with Crippen LogP contribution in [0, 0.1) is 0 Å². The van der Waals surface area contributed by atoms with Crippen molar-refractivity contribution in [3.05, 3.63) is 76.7 Å². The molecule has 1 aliphatic rings. The summed E-state index contributed by atoms with van der Waals surface area (Å²) in [6.45, 7) is 6.16. The van der Waals surface area contributed by atoms with Crippen molar-refractivity contribution in [3.63, 3.8) is 0 Å². The lowest BCUT2D eigenvalue weighted by Crippen LogP contribution is -2.45. The number of anilines is 1. The Labute approximate surface area is 193 Å². The van der Waals surface area contributed by atoms with E-state index in [1.807, 2.05) is 6.07 Å². The van der Waals surface area contributed by atoms with E-state index in [4.69, 9.17) is 9.47 Å². The third kappa shape index (κ3) is 4.33. The number of ether oxygens (including phenoxy) is 2. The predicted octanol–water partition coefficient (Wildman–Crippen LogP) is 5.09. The molecule has 1 saturated heterocycles. The molecule has 0 N–H and O–H groups in total. The van der Waals surface area contributed by atoms with Crippen LogP contribution in [0.1, 0.15) is 11.1 Å². The van der Waals surface area contributed by atoms with E-state index in [-0.39, 0.29) is 0 Å². The zero-order valence-electron chi connectivity index (χ0n) is 18.7. The summed E-state index contributed by atoms with van der Waals surface area (Å²) in [5.74, 6) is 1.53. The maximum absolute atomic E-state index is 5.47. The second kappa shape index (κ2) is 9.27. The standard InChI is InChI=1S/C26H29N3O2S/c1-30-25-7-6-20(14-26(25)31-2)15-28-17-22-4-3-5-24(23(22)18-28)29-11-9-27(10-12-29)16-21-8-13-32-19-21/h3-8,13-14,17-19H,9-12,15-16H2,1-2H3. The molecule has 1 aliphatic heterocycles. The molecular formula is C26H29N3O2S. The summed E-state index contributed by atoms with van der Waals surface area (Å²) in [7, 11) is 3.34. The summed E-state index contributed by atoms with van der Waals surface area (Å²) in [6.07, 6.45) is 4.52. The van der Waals surface area contributed by atoms with Crippen molar-refractivity contribution in [2.45, 2.75) is 13.1 Å². The molecule has 0 spiro atoms. The lowest BCUT2D eigenvalue weighted by Gasteiger charge is -2.36. The molecule has 0 atom stereocenters. The first-order valence-corrected chi connectivity index (χ1v) is 12.0. The Morgan fingerprint density at radius 3 is 2.44 bits per heavy atom. The first-order valence-electron chi connectivity index (χ1n) is 11.0. The zero-order chi connectivity index (χ0) is 21.9. The number of benzene rings is 2. The number of piperazine rings is 1. The Hall–Kier alpha value is -2.96. The van der Waals surface area contributed by atoms with Crippen LogP contribution < -0.4 is 14.4 Å². The highest BCUT2D eigenvalue weighted by Gasteiger charge is 2.19. The molecule has 0 saturated carbocycles. The van der Waals surface area contributed by atoms with Crippen LogP contribution in [0.25, 0.3) is 10.8 Å². The van der Waals surface area contributed by atoms with Crippen LogP contribution in [-0.4, -0.2) is 49.9 Å². The van der Waals surface area contributed by atoms with Gasteiger partial charge in [-0.15, -0.1) is 0 Å². The van der Waals surface area contributed by atoms with E-state index in [1.165, 1.54) is 27.6 Å². The molecule has 4 aromatic rings. The number of nitrogens with zero attached hydrogens (tertiary/aromatic N) is 3. The second-order valence-corrected chi connectivity index (χ2v) is 9.07. The number of methoxy groups -OCH3 is 2. The predicted molar refractivity (Wildman–Crippen MR) is 132 cm³/mol. The van der Waals surface area contributed by atoms with Crippen molar-refractivity contribution in [2.24, 2.45) is 0 Å². The van der Waals surface area contributed by atoms with Gasteiger partial charge in [0.2, 0.25) is 0 Å². The third-order valence-electron chi connectivity index (χ3n) is 6.23. The van der Waals surface area contributed by atoms with Crippen molar-refractivity contribution in [3.8, 4) is 11.5 Å². The van der Waals surface area contributed by atoms with Gasteiger partial charge in [-0.1, -0.05) is 18.2 Å². The highest BCUT2D eigenvalue weighted by atomic mass is 32.1. The maximum Gasteiger partial charge on any atom is 0.161 e. The Morgan fingerprint density at radius 1 is 0.844 bits per heavy atom. The Bertz CT molecular complexity index is 1180. The van der Waals surface area contributed by atoms with E-state index in [0.29, 0.717) is 0 Å². The average Bonchev–Trinajstić information content (AvgIpc) is 3.48. The van der Waals surface area contributed by atoms with E-state index in [9.17, 15) is 0 Å². The van der Waals surface area contributed by atoms with Gasteiger partial charge in [0.05, 0.1) is 14.2 Å². The molecule has 5 rings (SSSR count). The van der Waals surface area contributed by atoms with Crippen LogP contribution in [-0.2, 0) is 13.1 Å². The molecule has 0 bridgehead atoms. The summed E-state index contributed by atoms with van der Waals surface area (Å²) in [5.41, 5.74) is 3.95. The van der Waals surface area contributed by atoms with Crippen LogP contribution in [0.5, 0.6) is 11.5 Å². The molecule has 2 aromatic heterocycles. The first-order chi connectivity index (χ1) is 15.7. The average molecular weight is 448 g/mol. The minimum Gasteiger partial charge on any atom is -0.493 e. The quantitative estimate of drug-likeness (QED) is 0.395. The third-order valence-corrected chi connectivity index (χ3v) is 6.96. The molecule has 5 nitrogen and oxygen atoms in total. The summed E-state index contributed by atoms with van der Waals surface area (Å²) >= 11 is 1.78. The molecular weight excluding hydrogens is 418 g/mol. The van der Waals surface area contributed by atoms with Gasteiger partial charge in [-0.05, 0) is 46.2 Å². The molecule has 0 unspecified atom stereocenters. The normalized spacial score (nSPS) is 14.8. The van der Waals surface area contributed by atoms with Crippen LogP contribution in [0.15, 0.2) is 65.6 Å². The van der Waals surface area contributed by atoms with Gasteiger partial charge in [0, 0.05) is 68.1 Å². The highest BCUT2D eigenvalue weighted by Crippen LogP contribution is 2.31. The fourth-order valence-corrected chi connectivity index (χ4v) is 5.21. The lowest BCUT2D eigenvalue weighted by molar-refractivity contribution is 0.250. The molecule has 3 heterocycles. The largest absolute Gasteiger partial charge is 0.493 e. The van der Waals surface area contributed by atoms with Gasteiger partial charge in [-0.25, -0.2) is 0 Å². The molecule has 0 amide bonds. The summed E-state index contributed by atoms with van der Waals surface area (Å²) < 4.78 is 13.1. The van der Waals surface area contributed by atoms with Gasteiger partial charge >= 0.3 is 0 Å². The summed E-state index contributed by atoms with van der Waals surface area (Å²) in [5, 5.41) is 7.02. The number of hydrogen-bond donors (Lipinski definition) is 0.